The summed E-state index contributed by atoms with van der Waals surface area (Å²) in [6.45, 7) is -0.269. The van der Waals surface area contributed by atoms with Gasteiger partial charge in [0.05, 0.1) is 18.5 Å². The van der Waals surface area contributed by atoms with Gasteiger partial charge >= 0.3 is 5.97 Å². The molecular weight excluding hydrogens is 401 g/mol. The molecule has 4 rings (SSSR count). The molecule has 1 N–H and O–H groups in total. The van der Waals surface area contributed by atoms with Crippen LogP contribution in [0.2, 0.25) is 0 Å². The van der Waals surface area contributed by atoms with Crippen LogP contribution < -0.4 is 5.32 Å². The van der Waals surface area contributed by atoms with Crippen molar-refractivity contribution in [1.29, 1.82) is 0 Å². The topological polar surface area (TPSA) is 86.4 Å². The third-order valence-electron chi connectivity index (χ3n) is 4.45. The number of benzene rings is 2. The van der Waals surface area contributed by atoms with Crippen molar-refractivity contribution in [2.24, 2.45) is 0 Å². The average molecular weight is 419 g/mol. The Labute approximate surface area is 177 Å². The number of halogens is 1. The van der Waals surface area contributed by atoms with Gasteiger partial charge in [-0.05, 0) is 48.5 Å². The zero-order valence-corrected chi connectivity index (χ0v) is 16.3. The van der Waals surface area contributed by atoms with Crippen LogP contribution in [0.5, 0.6) is 0 Å². The van der Waals surface area contributed by atoms with Crippen molar-refractivity contribution < 1.29 is 23.1 Å². The van der Waals surface area contributed by atoms with Crippen LogP contribution in [0.3, 0.4) is 0 Å². The number of hydrogen-bond donors (Lipinski definition) is 1. The SMILES string of the molecule is O=C(COC(=O)c1cn(-c2ccccc2)nc1-c1ccc(F)cc1)NCc1ccco1. The lowest BCUT2D eigenvalue weighted by molar-refractivity contribution is -0.124. The molecule has 0 aliphatic heterocycles. The third-order valence-corrected chi connectivity index (χ3v) is 4.45. The average Bonchev–Trinajstić information content (AvgIpc) is 3.47. The number of amides is 1. The van der Waals surface area contributed by atoms with Crippen molar-refractivity contribution in [2.45, 2.75) is 6.54 Å². The summed E-state index contributed by atoms with van der Waals surface area (Å²) in [5, 5.41) is 7.08. The molecule has 0 saturated heterocycles. The summed E-state index contributed by atoms with van der Waals surface area (Å²) in [5.41, 5.74) is 1.77. The van der Waals surface area contributed by atoms with Crippen molar-refractivity contribution in [3.8, 4) is 16.9 Å². The number of rotatable bonds is 7. The van der Waals surface area contributed by atoms with Crippen LogP contribution in [0.4, 0.5) is 4.39 Å². The highest BCUT2D eigenvalue weighted by Crippen LogP contribution is 2.25. The molecule has 7 nitrogen and oxygen atoms in total. The highest BCUT2D eigenvalue weighted by molar-refractivity contribution is 5.97. The molecule has 2 aromatic heterocycles. The highest BCUT2D eigenvalue weighted by Gasteiger charge is 2.21. The molecule has 0 atom stereocenters. The number of esters is 1. The van der Waals surface area contributed by atoms with E-state index in [0.29, 0.717) is 17.0 Å². The zero-order chi connectivity index (χ0) is 21.6. The summed E-state index contributed by atoms with van der Waals surface area (Å²) in [7, 11) is 0. The smallest absolute Gasteiger partial charge is 0.342 e. The van der Waals surface area contributed by atoms with Crippen LogP contribution in [-0.2, 0) is 16.1 Å². The van der Waals surface area contributed by atoms with Gasteiger partial charge in [0.25, 0.3) is 5.91 Å². The first-order valence-electron chi connectivity index (χ1n) is 9.47. The standard InChI is InChI=1S/C23H18FN3O4/c24-17-10-8-16(9-11-17)22-20(14-27(26-22)18-5-2-1-3-6-18)23(29)31-15-21(28)25-13-19-7-4-12-30-19/h1-12,14H,13,15H2,(H,25,28). The number of hydrogen-bond acceptors (Lipinski definition) is 5. The number of carbonyl (C=O) groups is 2. The molecule has 2 heterocycles. The molecule has 0 saturated carbocycles. The van der Waals surface area contributed by atoms with E-state index in [1.165, 1.54) is 41.4 Å². The Bertz CT molecular complexity index is 1170. The molecule has 2 aromatic carbocycles. The maximum absolute atomic E-state index is 13.3. The van der Waals surface area contributed by atoms with Gasteiger partial charge in [0, 0.05) is 11.8 Å². The molecule has 0 aliphatic carbocycles. The van der Waals surface area contributed by atoms with Gasteiger partial charge in [0.15, 0.2) is 6.61 Å². The largest absolute Gasteiger partial charge is 0.467 e. The van der Waals surface area contributed by atoms with E-state index in [2.05, 4.69) is 10.4 Å². The van der Waals surface area contributed by atoms with E-state index < -0.39 is 24.3 Å². The zero-order valence-electron chi connectivity index (χ0n) is 16.3. The Morgan fingerprint density at radius 3 is 2.52 bits per heavy atom. The number of aromatic nitrogens is 2. The first kappa shape index (κ1) is 20.1. The Morgan fingerprint density at radius 2 is 1.81 bits per heavy atom. The lowest BCUT2D eigenvalue weighted by Crippen LogP contribution is -2.28. The molecule has 8 heteroatoms. The van der Waals surface area contributed by atoms with Gasteiger partial charge in [0.2, 0.25) is 0 Å². The predicted octanol–water partition coefficient (Wildman–Crippen LogP) is 3.74. The van der Waals surface area contributed by atoms with Gasteiger partial charge in [-0.25, -0.2) is 13.9 Å². The van der Waals surface area contributed by atoms with E-state index in [9.17, 15) is 14.0 Å². The number of carbonyl (C=O) groups excluding carboxylic acids is 2. The van der Waals surface area contributed by atoms with Crippen LogP contribution in [0.25, 0.3) is 16.9 Å². The van der Waals surface area contributed by atoms with E-state index in [-0.39, 0.29) is 12.1 Å². The molecule has 0 fully saturated rings. The number of nitrogens with zero attached hydrogens (tertiary/aromatic N) is 2. The van der Waals surface area contributed by atoms with Gasteiger partial charge in [-0.15, -0.1) is 0 Å². The van der Waals surface area contributed by atoms with Crippen LogP contribution >= 0.6 is 0 Å². The maximum atomic E-state index is 13.3. The lowest BCUT2D eigenvalue weighted by atomic mass is 10.1. The van der Waals surface area contributed by atoms with Gasteiger partial charge in [-0.2, -0.15) is 5.10 Å². The highest BCUT2D eigenvalue weighted by atomic mass is 19.1. The Morgan fingerprint density at radius 1 is 1.03 bits per heavy atom. The van der Waals surface area contributed by atoms with Gasteiger partial charge in [-0.1, -0.05) is 18.2 Å². The van der Waals surface area contributed by atoms with Crippen LogP contribution in [0.1, 0.15) is 16.1 Å². The second-order valence-electron chi connectivity index (χ2n) is 6.61. The third kappa shape index (κ3) is 4.87. The summed E-state index contributed by atoms with van der Waals surface area (Å²) < 4.78 is 25.2. The van der Waals surface area contributed by atoms with Crippen molar-refractivity contribution in [2.75, 3.05) is 6.61 Å². The van der Waals surface area contributed by atoms with E-state index >= 15 is 0 Å². The second kappa shape index (κ2) is 9.08. The monoisotopic (exact) mass is 419 g/mol. The Balaban J connectivity index is 1.52. The predicted molar refractivity (Wildman–Crippen MR) is 110 cm³/mol. The van der Waals surface area contributed by atoms with Crippen molar-refractivity contribution in [1.82, 2.24) is 15.1 Å². The minimum Gasteiger partial charge on any atom is -0.467 e. The molecule has 0 radical (unpaired) electrons. The quantitative estimate of drug-likeness (QED) is 0.461. The van der Waals surface area contributed by atoms with Crippen LogP contribution in [0.15, 0.2) is 83.6 Å². The maximum Gasteiger partial charge on any atom is 0.342 e. The number of nitrogens with one attached hydrogen (secondary N) is 1. The van der Waals surface area contributed by atoms with E-state index in [1.807, 2.05) is 30.3 Å². The minimum atomic E-state index is -0.713. The normalized spacial score (nSPS) is 10.6. The first-order valence-corrected chi connectivity index (χ1v) is 9.47. The Kier molecular flexibility index (Phi) is 5.89. The van der Waals surface area contributed by atoms with Gasteiger partial charge in [-0.3, -0.25) is 4.79 Å². The summed E-state index contributed by atoms with van der Waals surface area (Å²) >= 11 is 0. The molecule has 0 spiro atoms. The number of furan rings is 1. The second-order valence-corrected chi connectivity index (χ2v) is 6.61. The first-order chi connectivity index (χ1) is 15.1. The molecule has 0 aliphatic rings. The molecule has 1 amide bonds. The Hall–Kier alpha value is -4.20. The van der Waals surface area contributed by atoms with Gasteiger partial charge in [0.1, 0.15) is 22.8 Å². The number of para-hydroxylation sites is 1. The van der Waals surface area contributed by atoms with Crippen LogP contribution in [0, 0.1) is 5.82 Å². The van der Waals surface area contributed by atoms with Gasteiger partial charge < -0.3 is 14.5 Å². The lowest BCUT2D eigenvalue weighted by Gasteiger charge is -2.06. The summed E-state index contributed by atoms with van der Waals surface area (Å²) in [6, 6.07) is 18.3. The molecule has 31 heavy (non-hydrogen) atoms. The van der Waals surface area contributed by atoms with E-state index in [0.717, 1.165) is 5.69 Å². The molecule has 156 valence electrons. The fraction of sp³-hybridized carbons (Fsp3) is 0.0870. The van der Waals surface area contributed by atoms with Crippen LogP contribution in [-0.4, -0.2) is 28.3 Å². The minimum absolute atomic E-state index is 0.161. The molecular formula is C23H18FN3O4. The summed E-state index contributed by atoms with van der Waals surface area (Å²) in [5.74, 6) is -0.996. The van der Waals surface area contributed by atoms with Crippen molar-refractivity contribution in [3.63, 3.8) is 0 Å². The van der Waals surface area contributed by atoms with Crippen molar-refractivity contribution >= 4 is 11.9 Å². The summed E-state index contributed by atoms with van der Waals surface area (Å²) in [6.07, 6.45) is 3.03. The van der Waals surface area contributed by atoms with E-state index in [4.69, 9.17) is 9.15 Å². The molecule has 4 aromatic rings. The molecule has 0 unspecified atom stereocenters. The molecule has 0 bridgehead atoms. The van der Waals surface area contributed by atoms with E-state index in [1.54, 1.807) is 12.1 Å². The van der Waals surface area contributed by atoms with Crippen molar-refractivity contribution in [3.05, 3.63) is 96.3 Å². The number of ether oxygens (including phenoxy) is 1. The fourth-order valence-corrected chi connectivity index (χ4v) is 2.92. The summed E-state index contributed by atoms with van der Waals surface area (Å²) in [4.78, 5) is 24.7. The fourth-order valence-electron chi connectivity index (χ4n) is 2.92.